The van der Waals surface area contributed by atoms with Crippen LogP contribution in [0.25, 0.3) is 11.1 Å². The first kappa shape index (κ1) is 21.3. The number of hydrogen-bond donors (Lipinski definition) is 2. The Labute approximate surface area is 189 Å². The van der Waals surface area contributed by atoms with Crippen molar-refractivity contribution >= 4 is 11.4 Å². The van der Waals surface area contributed by atoms with Crippen LogP contribution in [0.1, 0.15) is 22.3 Å². The topological polar surface area (TPSA) is 70.5 Å². The average Bonchev–Trinajstić information content (AvgIpc) is 2.78. The highest BCUT2D eigenvalue weighted by Gasteiger charge is 2.12. The molecule has 4 aromatic carbocycles. The van der Waals surface area contributed by atoms with Crippen LogP contribution in [0.4, 0.5) is 11.4 Å². The molecule has 0 saturated carbocycles. The molecule has 4 heteroatoms. The molecule has 0 fully saturated rings. The molecule has 4 nitrogen and oxygen atoms in total. The molecule has 32 heavy (non-hydrogen) atoms. The molecule has 0 radical (unpaired) electrons. The van der Waals surface area contributed by atoms with Crippen LogP contribution < -0.4 is 20.9 Å². The maximum Gasteiger partial charge on any atom is 0.123 e. The van der Waals surface area contributed by atoms with Crippen molar-refractivity contribution < 1.29 is 9.47 Å². The quantitative estimate of drug-likeness (QED) is 0.342. The van der Waals surface area contributed by atoms with Gasteiger partial charge in [-0.05, 0) is 83.6 Å². The number of nitrogen functional groups attached to an aromatic ring is 2. The van der Waals surface area contributed by atoms with E-state index in [0.29, 0.717) is 13.2 Å². The van der Waals surface area contributed by atoms with Gasteiger partial charge in [-0.2, -0.15) is 0 Å². The van der Waals surface area contributed by atoms with Gasteiger partial charge in [0.05, 0.1) is 0 Å². The molecular formula is C28H28N2O2. The highest BCUT2D eigenvalue weighted by Crippen LogP contribution is 2.35. The van der Waals surface area contributed by atoms with E-state index in [1.807, 2.05) is 72.8 Å². The molecule has 0 unspecified atom stereocenters. The molecule has 0 aromatic heterocycles. The van der Waals surface area contributed by atoms with Crippen molar-refractivity contribution in [3.05, 3.63) is 107 Å². The van der Waals surface area contributed by atoms with E-state index in [0.717, 1.165) is 56.3 Å². The van der Waals surface area contributed by atoms with Gasteiger partial charge in [0.1, 0.15) is 24.7 Å². The molecule has 0 aliphatic rings. The summed E-state index contributed by atoms with van der Waals surface area (Å²) in [6, 6.07) is 27.8. The van der Waals surface area contributed by atoms with Crippen molar-refractivity contribution in [2.45, 2.75) is 27.1 Å². The van der Waals surface area contributed by atoms with E-state index in [4.69, 9.17) is 20.9 Å². The van der Waals surface area contributed by atoms with Crippen molar-refractivity contribution in [1.82, 2.24) is 0 Å². The molecule has 0 aliphatic carbocycles. The Morgan fingerprint density at radius 3 is 1.38 bits per heavy atom. The minimum absolute atomic E-state index is 0.470. The van der Waals surface area contributed by atoms with E-state index in [1.54, 1.807) is 0 Å². The molecule has 0 heterocycles. The van der Waals surface area contributed by atoms with Gasteiger partial charge in [-0.3, -0.25) is 0 Å². The Morgan fingerprint density at radius 1 is 0.562 bits per heavy atom. The monoisotopic (exact) mass is 424 g/mol. The zero-order valence-electron chi connectivity index (χ0n) is 18.5. The predicted molar refractivity (Wildman–Crippen MR) is 132 cm³/mol. The maximum absolute atomic E-state index is 6.13. The Hall–Kier alpha value is -3.92. The summed E-state index contributed by atoms with van der Waals surface area (Å²) in [5, 5.41) is 0. The first-order valence-electron chi connectivity index (χ1n) is 10.7. The fourth-order valence-corrected chi connectivity index (χ4v) is 3.81. The van der Waals surface area contributed by atoms with Crippen molar-refractivity contribution in [2.24, 2.45) is 0 Å². The Kier molecular flexibility index (Phi) is 6.31. The van der Waals surface area contributed by atoms with Crippen molar-refractivity contribution in [3.8, 4) is 22.6 Å². The van der Waals surface area contributed by atoms with Crippen molar-refractivity contribution in [1.29, 1.82) is 0 Å². The summed E-state index contributed by atoms with van der Waals surface area (Å²) in [7, 11) is 0. The molecule has 0 spiro atoms. The van der Waals surface area contributed by atoms with Gasteiger partial charge in [0.25, 0.3) is 0 Å². The minimum atomic E-state index is 0.470. The molecule has 0 bridgehead atoms. The molecule has 162 valence electrons. The van der Waals surface area contributed by atoms with E-state index in [1.165, 1.54) is 0 Å². The van der Waals surface area contributed by atoms with E-state index in [2.05, 4.69) is 26.0 Å². The summed E-state index contributed by atoms with van der Waals surface area (Å²) in [6.07, 6.45) is 0. The maximum atomic E-state index is 6.13. The van der Waals surface area contributed by atoms with Gasteiger partial charge >= 0.3 is 0 Å². The van der Waals surface area contributed by atoms with Crippen LogP contribution in [0.15, 0.2) is 84.9 Å². The molecule has 4 rings (SSSR count). The predicted octanol–water partition coefficient (Wildman–Crippen LogP) is 6.29. The smallest absolute Gasteiger partial charge is 0.123 e. The molecule has 0 amide bonds. The van der Waals surface area contributed by atoms with Crippen LogP contribution in [-0.2, 0) is 13.2 Å². The van der Waals surface area contributed by atoms with Gasteiger partial charge in [0.15, 0.2) is 0 Å². The third-order valence-corrected chi connectivity index (χ3v) is 5.55. The van der Waals surface area contributed by atoms with Crippen LogP contribution in [0.2, 0.25) is 0 Å². The first-order chi connectivity index (χ1) is 15.5. The molecule has 0 saturated heterocycles. The summed E-state index contributed by atoms with van der Waals surface area (Å²) in [5.74, 6) is 1.71. The van der Waals surface area contributed by atoms with E-state index >= 15 is 0 Å². The third kappa shape index (κ3) is 4.86. The second-order valence-electron chi connectivity index (χ2n) is 7.92. The summed E-state index contributed by atoms with van der Waals surface area (Å²) in [5.41, 5.74) is 19.8. The molecular weight excluding hydrogens is 396 g/mol. The van der Waals surface area contributed by atoms with Crippen LogP contribution in [-0.4, -0.2) is 0 Å². The minimum Gasteiger partial charge on any atom is -0.489 e. The van der Waals surface area contributed by atoms with E-state index in [-0.39, 0.29) is 0 Å². The fraction of sp³-hybridized carbons (Fsp3) is 0.143. The second-order valence-corrected chi connectivity index (χ2v) is 7.92. The molecule has 4 aromatic rings. The number of nitrogens with two attached hydrogens (primary N) is 2. The Balaban J connectivity index is 1.55. The zero-order valence-corrected chi connectivity index (χ0v) is 18.5. The van der Waals surface area contributed by atoms with Gasteiger partial charge in [-0.25, -0.2) is 0 Å². The summed E-state index contributed by atoms with van der Waals surface area (Å²) in [6.45, 7) is 5.11. The van der Waals surface area contributed by atoms with Crippen LogP contribution in [0.5, 0.6) is 11.5 Å². The van der Waals surface area contributed by atoms with Gasteiger partial charge in [0.2, 0.25) is 0 Å². The number of benzene rings is 4. The molecule has 4 N–H and O–H groups in total. The zero-order chi connectivity index (χ0) is 22.5. The van der Waals surface area contributed by atoms with Gasteiger partial charge < -0.3 is 20.9 Å². The lowest BCUT2D eigenvalue weighted by Crippen LogP contribution is -2.00. The lowest BCUT2D eigenvalue weighted by atomic mass is 9.95. The summed E-state index contributed by atoms with van der Waals surface area (Å²) < 4.78 is 12.3. The fourth-order valence-electron chi connectivity index (χ4n) is 3.81. The number of hydrogen-bond acceptors (Lipinski definition) is 4. The molecule has 0 aliphatic heterocycles. The van der Waals surface area contributed by atoms with Crippen LogP contribution >= 0.6 is 0 Å². The van der Waals surface area contributed by atoms with Gasteiger partial charge in [0, 0.05) is 11.4 Å². The standard InChI is InChI=1S/C28H28N2O2/c1-19-25(11-5-13-27(19)31-17-21-7-3-9-23(29)15-21)26-12-6-14-28(20(26)2)32-18-22-8-4-10-24(30)16-22/h3-16H,17-18,29-30H2,1-2H3. The largest absolute Gasteiger partial charge is 0.489 e. The molecule has 0 atom stereocenters. The lowest BCUT2D eigenvalue weighted by Gasteiger charge is -2.17. The summed E-state index contributed by atoms with van der Waals surface area (Å²) in [4.78, 5) is 0. The van der Waals surface area contributed by atoms with E-state index < -0.39 is 0 Å². The SMILES string of the molecule is Cc1c(OCc2cccc(N)c2)cccc1-c1cccc(OCc2cccc(N)c2)c1C. The number of ether oxygens (including phenoxy) is 2. The lowest BCUT2D eigenvalue weighted by molar-refractivity contribution is 0.303. The van der Waals surface area contributed by atoms with Crippen LogP contribution in [0, 0.1) is 13.8 Å². The summed E-state index contributed by atoms with van der Waals surface area (Å²) >= 11 is 0. The van der Waals surface area contributed by atoms with Gasteiger partial charge in [-0.1, -0.05) is 48.5 Å². The van der Waals surface area contributed by atoms with Crippen molar-refractivity contribution in [3.63, 3.8) is 0 Å². The Bertz CT molecular complexity index is 1140. The Morgan fingerprint density at radius 2 is 0.969 bits per heavy atom. The second kappa shape index (κ2) is 9.48. The average molecular weight is 425 g/mol. The number of rotatable bonds is 7. The highest BCUT2D eigenvalue weighted by molar-refractivity contribution is 5.74. The normalized spacial score (nSPS) is 10.7. The van der Waals surface area contributed by atoms with Gasteiger partial charge in [-0.15, -0.1) is 0 Å². The first-order valence-corrected chi connectivity index (χ1v) is 10.7. The van der Waals surface area contributed by atoms with E-state index in [9.17, 15) is 0 Å². The van der Waals surface area contributed by atoms with Crippen LogP contribution in [0.3, 0.4) is 0 Å². The number of anilines is 2. The van der Waals surface area contributed by atoms with Crippen molar-refractivity contribution in [2.75, 3.05) is 11.5 Å². The third-order valence-electron chi connectivity index (χ3n) is 5.55. The highest BCUT2D eigenvalue weighted by atomic mass is 16.5.